The number of methoxy groups -OCH3 is 3. The van der Waals surface area contributed by atoms with Gasteiger partial charge in [-0.3, -0.25) is 0 Å². The monoisotopic (exact) mass is 370 g/mol. The topological polar surface area (TPSA) is 132 Å². The van der Waals surface area contributed by atoms with Crippen LogP contribution in [0.2, 0.25) is 0 Å². The first-order valence-electron chi connectivity index (χ1n) is 8.28. The maximum atomic E-state index is 10.2. The third-order valence-electron chi connectivity index (χ3n) is 5.65. The molecule has 1 saturated carbocycles. The largest absolute Gasteiger partial charge is 0.496 e. The Bertz CT molecular complexity index is 902. The van der Waals surface area contributed by atoms with E-state index in [0.29, 0.717) is 22.8 Å². The molecule has 3 atom stereocenters. The number of nitrogens with two attached hydrogens (primary N) is 1. The molecule has 1 aromatic carbocycles. The van der Waals surface area contributed by atoms with Crippen molar-refractivity contribution in [3.8, 4) is 29.4 Å². The summed E-state index contributed by atoms with van der Waals surface area (Å²) in [5.41, 5.74) is 3.84. The fraction of sp³-hybridized carbons (Fsp3) is 0.500. The lowest BCUT2D eigenvalue weighted by atomic mass is 9.93. The van der Waals surface area contributed by atoms with Gasteiger partial charge in [-0.05, 0) is 0 Å². The second-order valence-corrected chi connectivity index (χ2v) is 6.49. The summed E-state index contributed by atoms with van der Waals surface area (Å²) in [4.78, 5) is 4.26. The van der Waals surface area contributed by atoms with E-state index in [1.54, 1.807) is 12.1 Å². The van der Waals surface area contributed by atoms with Gasteiger partial charge in [0.05, 0.1) is 46.7 Å². The van der Waals surface area contributed by atoms with Gasteiger partial charge in [-0.1, -0.05) is 0 Å². The van der Waals surface area contributed by atoms with E-state index >= 15 is 0 Å². The molecule has 0 radical (unpaired) electrons. The normalized spacial score (nSPS) is 32.2. The van der Waals surface area contributed by atoms with Crippen molar-refractivity contribution < 1.29 is 23.7 Å². The Morgan fingerprint density at radius 2 is 1.67 bits per heavy atom. The maximum absolute atomic E-state index is 10.2. The van der Waals surface area contributed by atoms with E-state index < -0.39 is 22.7 Å². The number of benzene rings is 1. The van der Waals surface area contributed by atoms with E-state index in [9.17, 15) is 10.5 Å². The molecule has 2 N–H and O–H groups in total. The second-order valence-electron chi connectivity index (χ2n) is 6.49. The van der Waals surface area contributed by atoms with Gasteiger partial charge >= 0.3 is 0 Å². The van der Waals surface area contributed by atoms with Crippen LogP contribution in [0.25, 0.3) is 0 Å². The molecule has 9 heteroatoms. The molecule has 2 fully saturated rings. The average molecular weight is 370 g/mol. The Morgan fingerprint density at radius 3 is 2.11 bits per heavy atom. The van der Waals surface area contributed by atoms with Crippen molar-refractivity contribution in [3.63, 3.8) is 0 Å². The highest BCUT2D eigenvalue weighted by atomic mass is 16.8. The van der Waals surface area contributed by atoms with Crippen LogP contribution in [0.5, 0.6) is 17.2 Å². The summed E-state index contributed by atoms with van der Waals surface area (Å²) in [7, 11) is 4.50. The van der Waals surface area contributed by atoms with Crippen LogP contribution in [0.4, 0.5) is 0 Å². The van der Waals surface area contributed by atoms with Crippen LogP contribution in [-0.4, -0.2) is 46.3 Å². The summed E-state index contributed by atoms with van der Waals surface area (Å²) in [6.45, 7) is 0.511. The number of hydrogen-bond donors (Lipinski definition) is 1. The molecule has 2 heterocycles. The summed E-state index contributed by atoms with van der Waals surface area (Å²) in [5.74, 6) is -0.960. The van der Waals surface area contributed by atoms with Gasteiger partial charge in [0.1, 0.15) is 28.5 Å². The van der Waals surface area contributed by atoms with E-state index in [4.69, 9.17) is 29.4 Å². The summed E-state index contributed by atoms with van der Waals surface area (Å²) < 4.78 is 27.8. The molecule has 3 aliphatic rings. The molecule has 0 bridgehead atoms. The van der Waals surface area contributed by atoms with Crippen molar-refractivity contribution >= 4 is 5.84 Å². The van der Waals surface area contributed by atoms with Gasteiger partial charge in [-0.2, -0.15) is 10.5 Å². The van der Waals surface area contributed by atoms with Crippen molar-refractivity contribution in [3.05, 3.63) is 17.7 Å². The summed E-state index contributed by atoms with van der Waals surface area (Å²) in [5, 5.41) is 20.2. The Kier molecular flexibility index (Phi) is 3.54. The van der Waals surface area contributed by atoms with Gasteiger partial charge in [-0.25, -0.2) is 4.99 Å². The van der Waals surface area contributed by atoms with E-state index in [0.717, 1.165) is 0 Å². The molecule has 0 aromatic heterocycles. The smallest absolute Gasteiger partial charge is 0.293 e. The third-order valence-corrected chi connectivity index (χ3v) is 5.65. The number of hydrogen-bond acceptors (Lipinski definition) is 9. The lowest BCUT2D eigenvalue weighted by Crippen LogP contribution is -2.38. The van der Waals surface area contributed by atoms with Gasteiger partial charge in [0.2, 0.25) is 0 Å². The van der Waals surface area contributed by atoms with Crippen LogP contribution in [-0.2, 0) is 9.47 Å². The minimum atomic E-state index is -1.61. The summed E-state index contributed by atoms with van der Waals surface area (Å²) in [6.07, 6.45) is 0. The molecule has 1 spiro atoms. The van der Waals surface area contributed by atoms with Crippen LogP contribution in [0.15, 0.2) is 17.1 Å². The summed E-state index contributed by atoms with van der Waals surface area (Å²) in [6, 6.07) is 7.78. The predicted octanol–water partition coefficient (Wildman–Crippen LogP) is 0.901. The number of nitriles is 2. The molecular weight excluding hydrogens is 352 g/mol. The molecule has 0 amide bonds. The zero-order valence-electron chi connectivity index (χ0n) is 15.1. The van der Waals surface area contributed by atoms with Gasteiger partial charge < -0.3 is 29.4 Å². The molecule has 1 saturated heterocycles. The first-order chi connectivity index (χ1) is 13.0. The SMILES string of the molecule is COc1cc(OC)c(C2C3(C#N)C(N)=NC4(OCCO4)C23C#N)c(OC)c1. The molecule has 27 heavy (non-hydrogen) atoms. The van der Waals surface area contributed by atoms with Gasteiger partial charge in [0.25, 0.3) is 5.91 Å². The van der Waals surface area contributed by atoms with Gasteiger partial charge in [0.15, 0.2) is 5.41 Å². The number of fused-ring (bicyclic) bond motifs is 2. The van der Waals surface area contributed by atoms with Crippen molar-refractivity contribution in [2.75, 3.05) is 34.5 Å². The van der Waals surface area contributed by atoms with E-state index in [1.807, 2.05) is 0 Å². The van der Waals surface area contributed by atoms with Crippen molar-refractivity contribution in [2.45, 2.75) is 11.8 Å². The Hall–Kier alpha value is -3.01. The van der Waals surface area contributed by atoms with Crippen LogP contribution < -0.4 is 19.9 Å². The molecule has 2 aliphatic heterocycles. The number of rotatable bonds is 4. The molecule has 9 nitrogen and oxygen atoms in total. The van der Waals surface area contributed by atoms with E-state index in [2.05, 4.69) is 17.1 Å². The molecular formula is C18H18N4O5. The molecule has 1 aromatic rings. The zero-order chi connectivity index (χ0) is 19.4. The first kappa shape index (κ1) is 17.4. The molecule has 1 aliphatic carbocycles. The van der Waals surface area contributed by atoms with E-state index in [1.165, 1.54) is 21.3 Å². The first-order valence-corrected chi connectivity index (χ1v) is 8.28. The van der Waals surface area contributed by atoms with Crippen molar-refractivity contribution in [1.82, 2.24) is 0 Å². The van der Waals surface area contributed by atoms with Crippen LogP contribution in [0.1, 0.15) is 11.5 Å². The lowest BCUT2D eigenvalue weighted by Gasteiger charge is -2.26. The molecule has 3 unspecified atom stereocenters. The quantitative estimate of drug-likeness (QED) is 0.827. The van der Waals surface area contributed by atoms with Crippen molar-refractivity contribution in [2.24, 2.45) is 21.6 Å². The second kappa shape index (κ2) is 5.49. The number of nitrogens with zero attached hydrogens (tertiary/aromatic N) is 3. The lowest BCUT2D eigenvalue weighted by molar-refractivity contribution is -0.184. The third kappa shape index (κ3) is 1.71. The molecule has 4 rings (SSSR count). The highest BCUT2D eigenvalue weighted by Gasteiger charge is 2.95. The average Bonchev–Trinajstić information content (AvgIpc) is 2.92. The Morgan fingerprint density at radius 1 is 1.07 bits per heavy atom. The highest BCUT2D eigenvalue weighted by Crippen LogP contribution is 2.83. The van der Waals surface area contributed by atoms with Crippen LogP contribution in [0.3, 0.4) is 0 Å². The number of ether oxygens (including phenoxy) is 5. The Labute approximate surface area is 155 Å². The summed E-state index contributed by atoms with van der Waals surface area (Å²) >= 11 is 0. The molecule has 140 valence electrons. The fourth-order valence-corrected chi connectivity index (χ4v) is 4.47. The van der Waals surface area contributed by atoms with Gasteiger partial charge in [-0.15, -0.1) is 0 Å². The van der Waals surface area contributed by atoms with Gasteiger partial charge in [0, 0.05) is 23.6 Å². The predicted molar refractivity (Wildman–Crippen MR) is 91.2 cm³/mol. The van der Waals surface area contributed by atoms with E-state index in [-0.39, 0.29) is 19.0 Å². The minimum Gasteiger partial charge on any atom is -0.496 e. The standard InChI is InChI=1S/C18H18N4O5/c1-23-10-6-11(24-2)13(12(7-10)25-3)14-16(8-19)15(21)22-18(17(14,16)9-20)26-4-5-27-18/h6-7,14H,4-5H2,1-3H3,(H2,21,22). The fourth-order valence-electron chi connectivity index (χ4n) is 4.47. The van der Waals surface area contributed by atoms with Crippen LogP contribution >= 0.6 is 0 Å². The highest BCUT2D eigenvalue weighted by molar-refractivity contribution is 6.01. The maximum Gasteiger partial charge on any atom is 0.293 e. The number of amidine groups is 1. The number of aliphatic imine (C=N–C) groups is 1. The zero-order valence-corrected chi connectivity index (χ0v) is 15.1. The van der Waals surface area contributed by atoms with Crippen LogP contribution in [0, 0.1) is 33.5 Å². The van der Waals surface area contributed by atoms with Crippen molar-refractivity contribution in [1.29, 1.82) is 10.5 Å². The Balaban J connectivity index is 1.98. The minimum absolute atomic E-state index is 0.0124.